The Kier molecular flexibility index (Phi) is 5.24. The molecule has 5 nitrogen and oxygen atoms in total. The molecule has 0 radical (unpaired) electrons. The summed E-state index contributed by atoms with van der Waals surface area (Å²) in [7, 11) is 3.18. The van der Waals surface area contributed by atoms with Crippen LogP contribution in [0.15, 0.2) is 48.5 Å². The fourth-order valence-electron chi connectivity index (χ4n) is 3.63. The van der Waals surface area contributed by atoms with Crippen molar-refractivity contribution in [2.24, 2.45) is 5.92 Å². The number of aliphatic carboxylic acids is 1. The molecule has 1 N–H and O–H groups in total. The van der Waals surface area contributed by atoms with E-state index in [2.05, 4.69) is 17.0 Å². The van der Waals surface area contributed by atoms with Crippen LogP contribution in [0.5, 0.6) is 11.5 Å². The fourth-order valence-corrected chi connectivity index (χ4v) is 3.63. The molecule has 3 rings (SSSR count). The molecule has 5 heteroatoms. The van der Waals surface area contributed by atoms with E-state index >= 15 is 0 Å². The fraction of sp³-hybridized carbons (Fsp3) is 0.350. The molecular formula is C20H23NO4. The maximum Gasteiger partial charge on any atom is 0.308 e. The van der Waals surface area contributed by atoms with Gasteiger partial charge in [-0.3, -0.25) is 9.69 Å². The molecule has 0 aromatic heterocycles. The number of rotatable bonds is 6. The van der Waals surface area contributed by atoms with Crippen LogP contribution in [0, 0.1) is 5.92 Å². The van der Waals surface area contributed by atoms with Crippen LogP contribution < -0.4 is 9.47 Å². The number of likely N-dealkylation sites (tertiary alicyclic amines) is 1. The molecule has 1 aliphatic heterocycles. The highest BCUT2D eigenvalue weighted by Gasteiger charge is 2.40. The zero-order chi connectivity index (χ0) is 17.8. The summed E-state index contributed by atoms with van der Waals surface area (Å²) in [5, 5.41) is 9.72. The lowest BCUT2D eigenvalue weighted by atomic mass is 9.88. The molecule has 0 spiro atoms. The molecule has 132 valence electrons. The third kappa shape index (κ3) is 3.61. The van der Waals surface area contributed by atoms with E-state index in [0.29, 0.717) is 24.6 Å². The molecule has 0 amide bonds. The summed E-state index contributed by atoms with van der Waals surface area (Å²) < 4.78 is 10.9. The molecule has 2 atom stereocenters. The van der Waals surface area contributed by atoms with E-state index in [-0.39, 0.29) is 5.92 Å². The lowest BCUT2D eigenvalue weighted by Crippen LogP contribution is -2.23. The van der Waals surface area contributed by atoms with Gasteiger partial charge in [-0.1, -0.05) is 42.5 Å². The molecule has 1 heterocycles. The maximum absolute atomic E-state index is 11.8. The zero-order valence-corrected chi connectivity index (χ0v) is 14.5. The molecule has 0 bridgehead atoms. The van der Waals surface area contributed by atoms with Crippen molar-refractivity contribution in [1.82, 2.24) is 4.90 Å². The average molecular weight is 341 g/mol. The van der Waals surface area contributed by atoms with Crippen LogP contribution in [0.4, 0.5) is 0 Å². The second-order valence-corrected chi connectivity index (χ2v) is 6.31. The van der Waals surface area contributed by atoms with Gasteiger partial charge in [0.05, 0.1) is 20.1 Å². The summed E-state index contributed by atoms with van der Waals surface area (Å²) >= 11 is 0. The Morgan fingerprint density at radius 1 is 1.08 bits per heavy atom. The molecular weight excluding hydrogens is 318 g/mol. The van der Waals surface area contributed by atoms with E-state index in [9.17, 15) is 9.90 Å². The number of carbonyl (C=O) groups is 1. The molecule has 2 aromatic rings. The Labute approximate surface area is 147 Å². The van der Waals surface area contributed by atoms with Crippen LogP contribution in [0.2, 0.25) is 0 Å². The first kappa shape index (κ1) is 17.3. The zero-order valence-electron chi connectivity index (χ0n) is 14.5. The van der Waals surface area contributed by atoms with Gasteiger partial charge in [-0.25, -0.2) is 0 Å². The van der Waals surface area contributed by atoms with Gasteiger partial charge in [0, 0.05) is 31.1 Å². The van der Waals surface area contributed by atoms with Crippen molar-refractivity contribution in [1.29, 1.82) is 0 Å². The molecule has 0 saturated carbocycles. The quantitative estimate of drug-likeness (QED) is 0.875. The maximum atomic E-state index is 11.8. The molecule has 1 aliphatic rings. The smallest absolute Gasteiger partial charge is 0.308 e. The number of hydrogen-bond donors (Lipinski definition) is 1. The van der Waals surface area contributed by atoms with Crippen molar-refractivity contribution in [2.45, 2.75) is 12.5 Å². The second kappa shape index (κ2) is 7.57. The van der Waals surface area contributed by atoms with Crippen LogP contribution in [-0.2, 0) is 11.3 Å². The van der Waals surface area contributed by atoms with Crippen LogP contribution in [-0.4, -0.2) is 43.3 Å². The van der Waals surface area contributed by atoms with Gasteiger partial charge in [0.15, 0.2) is 11.5 Å². The highest BCUT2D eigenvalue weighted by molar-refractivity contribution is 5.73. The minimum atomic E-state index is -0.773. The monoisotopic (exact) mass is 341 g/mol. The predicted molar refractivity (Wildman–Crippen MR) is 95.1 cm³/mol. The van der Waals surface area contributed by atoms with Crippen molar-refractivity contribution in [3.63, 3.8) is 0 Å². The van der Waals surface area contributed by atoms with Crippen molar-refractivity contribution < 1.29 is 19.4 Å². The van der Waals surface area contributed by atoms with Gasteiger partial charge in [-0.15, -0.1) is 0 Å². The average Bonchev–Trinajstić information content (AvgIpc) is 3.05. The van der Waals surface area contributed by atoms with Crippen LogP contribution in [0.25, 0.3) is 0 Å². The van der Waals surface area contributed by atoms with Crippen molar-refractivity contribution in [3.8, 4) is 11.5 Å². The van der Waals surface area contributed by atoms with Crippen LogP contribution >= 0.6 is 0 Å². The topological polar surface area (TPSA) is 59.0 Å². The lowest BCUT2D eigenvalue weighted by Gasteiger charge is -2.20. The number of benzene rings is 2. The van der Waals surface area contributed by atoms with E-state index in [1.54, 1.807) is 14.2 Å². The minimum absolute atomic E-state index is 0.133. The predicted octanol–water partition coefficient (Wildman–Crippen LogP) is 3.00. The highest BCUT2D eigenvalue weighted by Crippen LogP contribution is 2.42. The Hall–Kier alpha value is -2.53. The lowest BCUT2D eigenvalue weighted by molar-refractivity contribution is -0.141. The van der Waals surface area contributed by atoms with Gasteiger partial charge in [0.25, 0.3) is 0 Å². The Morgan fingerprint density at radius 3 is 2.48 bits per heavy atom. The summed E-state index contributed by atoms with van der Waals surface area (Å²) in [6, 6.07) is 15.8. The SMILES string of the molecule is COc1cccc([C@@H]2CN(Cc3ccccc3)C[C@H]2C(=O)O)c1OC. The highest BCUT2D eigenvalue weighted by atomic mass is 16.5. The van der Waals surface area contributed by atoms with E-state index in [1.165, 1.54) is 5.56 Å². The van der Waals surface area contributed by atoms with Gasteiger partial charge in [0.1, 0.15) is 0 Å². The van der Waals surface area contributed by atoms with Gasteiger partial charge in [-0.2, -0.15) is 0 Å². The largest absolute Gasteiger partial charge is 0.493 e. The number of ether oxygens (including phenoxy) is 2. The number of nitrogens with zero attached hydrogens (tertiary/aromatic N) is 1. The van der Waals surface area contributed by atoms with Gasteiger partial charge < -0.3 is 14.6 Å². The van der Waals surface area contributed by atoms with E-state index in [1.807, 2.05) is 36.4 Å². The van der Waals surface area contributed by atoms with E-state index in [0.717, 1.165) is 12.1 Å². The summed E-state index contributed by atoms with van der Waals surface area (Å²) in [5.41, 5.74) is 2.08. The van der Waals surface area contributed by atoms with Gasteiger partial charge >= 0.3 is 5.97 Å². The van der Waals surface area contributed by atoms with E-state index < -0.39 is 11.9 Å². The van der Waals surface area contributed by atoms with Crippen molar-refractivity contribution >= 4 is 5.97 Å². The Balaban J connectivity index is 1.88. The first-order valence-electron chi connectivity index (χ1n) is 8.34. The number of methoxy groups -OCH3 is 2. The molecule has 2 aromatic carbocycles. The van der Waals surface area contributed by atoms with Crippen molar-refractivity contribution in [3.05, 3.63) is 59.7 Å². The summed E-state index contributed by atoms with van der Waals surface area (Å²) in [6.07, 6.45) is 0. The Bertz CT molecular complexity index is 732. The molecule has 25 heavy (non-hydrogen) atoms. The minimum Gasteiger partial charge on any atom is -0.493 e. The first-order chi connectivity index (χ1) is 12.1. The first-order valence-corrected chi connectivity index (χ1v) is 8.34. The summed E-state index contributed by atoms with van der Waals surface area (Å²) in [6.45, 7) is 1.94. The van der Waals surface area contributed by atoms with Gasteiger partial charge in [0.2, 0.25) is 0 Å². The van der Waals surface area contributed by atoms with Crippen LogP contribution in [0.3, 0.4) is 0 Å². The number of carboxylic acids is 1. The molecule has 0 unspecified atom stereocenters. The Morgan fingerprint density at radius 2 is 1.84 bits per heavy atom. The molecule has 1 saturated heterocycles. The third-order valence-electron chi connectivity index (χ3n) is 4.79. The normalized spacial score (nSPS) is 20.4. The summed E-state index contributed by atoms with van der Waals surface area (Å²) in [5.74, 6) is -0.116. The number of carboxylic acid groups (broad SMARTS) is 1. The van der Waals surface area contributed by atoms with Gasteiger partial charge in [-0.05, 0) is 11.6 Å². The van der Waals surface area contributed by atoms with Crippen molar-refractivity contribution in [2.75, 3.05) is 27.3 Å². The summed E-state index contributed by atoms with van der Waals surface area (Å²) in [4.78, 5) is 14.0. The molecule has 1 fully saturated rings. The number of hydrogen-bond acceptors (Lipinski definition) is 4. The second-order valence-electron chi connectivity index (χ2n) is 6.31. The van der Waals surface area contributed by atoms with Crippen LogP contribution in [0.1, 0.15) is 17.0 Å². The van der Waals surface area contributed by atoms with E-state index in [4.69, 9.17) is 9.47 Å². The standard InChI is InChI=1S/C20H23NO4/c1-24-18-10-6-9-15(19(18)25-2)16-12-21(13-17(16)20(22)23)11-14-7-4-3-5-8-14/h3-10,16-17H,11-13H2,1-2H3,(H,22,23)/t16-,17+/m0/s1. The number of para-hydroxylation sites is 1. The third-order valence-corrected chi connectivity index (χ3v) is 4.79. The molecule has 0 aliphatic carbocycles.